The van der Waals surface area contributed by atoms with Crippen molar-refractivity contribution in [1.29, 1.82) is 0 Å². The summed E-state index contributed by atoms with van der Waals surface area (Å²) in [6, 6.07) is 6.65. The third-order valence-electron chi connectivity index (χ3n) is 3.34. The molecule has 0 spiro atoms. The number of ether oxygens (including phenoxy) is 2. The van der Waals surface area contributed by atoms with Crippen molar-refractivity contribution in [2.75, 3.05) is 0 Å². The molecule has 0 saturated heterocycles. The van der Waals surface area contributed by atoms with Crippen LogP contribution in [0, 0.1) is 0 Å². The minimum atomic E-state index is -0.379. The van der Waals surface area contributed by atoms with Gasteiger partial charge in [0.1, 0.15) is 5.75 Å². The van der Waals surface area contributed by atoms with Crippen LogP contribution in [0.5, 0.6) is 5.75 Å². The van der Waals surface area contributed by atoms with E-state index in [4.69, 9.17) is 21.1 Å². The van der Waals surface area contributed by atoms with Crippen LogP contribution in [0.2, 0.25) is 5.02 Å². The van der Waals surface area contributed by atoms with E-state index in [2.05, 4.69) is 6.92 Å². The van der Waals surface area contributed by atoms with Crippen LogP contribution in [-0.4, -0.2) is 18.0 Å². The molecule has 1 atom stereocenters. The third-order valence-corrected chi connectivity index (χ3v) is 3.57. The Labute approximate surface area is 143 Å². The predicted molar refractivity (Wildman–Crippen MR) is 90.6 cm³/mol. The third kappa shape index (κ3) is 9.24. The number of hydrogen-bond donors (Lipinski definition) is 0. The average Bonchev–Trinajstić information content (AvgIpc) is 2.47. The van der Waals surface area contributed by atoms with E-state index in [9.17, 15) is 9.59 Å². The van der Waals surface area contributed by atoms with Crippen LogP contribution in [0.15, 0.2) is 24.3 Å². The molecule has 0 N–H and O–H groups in total. The van der Waals surface area contributed by atoms with Gasteiger partial charge in [-0.15, -0.1) is 0 Å². The lowest BCUT2D eigenvalue weighted by Crippen LogP contribution is -2.15. The molecule has 5 heteroatoms. The summed E-state index contributed by atoms with van der Waals surface area (Å²) >= 11 is 5.82. The first kappa shape index (κ1) is 19.5. The quantitative estimate of drug-likeness (QED) is 0.344. The van der Waals surface area contributed by atoms with Crippen molar-refractivity contribution in [2.45, 2.75) is 64.9 Å². The molecule has 1 rings (SSSR count). The largest absolute Gasteiger partial charge is 0.463 e. The molecule has 0 aliphatic rings. The first-order valence-electron chi connectivity index (χ1n) is 8.17. The highest BCUT2D eigenvalue weighted by atomic mass is 35.5. The molecule has 0 aromatic heterocycles. The Balaban J connectivity index is 2.17. The number of rotatable bonds is 10. The molecule has 1 aromatic carbocycles. The molecule has 0 aliphatic heterocycles. The van der Waals surface area contributed by atoms with Gasteiger partial charge in [-0.3, -0.25) is 9.59 Å². The molecule has 1 unspecified atom stereocenters. The van der Waals surface area contributed by atoms with Crippen LogP contribution >= 0.6 is 11.6 Å². The second kappa shape index (κ2) is 11.1. The Morgan fingerprint density at radius 1 is 1.13 bits per heavy atom. The van der Waals surface area contributed by atoms with Crippen molar-refractivity contribution in [1.82, 2.24) is 0 Å². The zero-order valence-corrected chi connectivity index (χ0v) is 14.6. The highest BCUT2D eigenvalue weighted by Gasteiger charge is 2.11. The standard InChI is InChI=1S/C18H25ClO4/c1-3-4-5-8-14(2)22-17(20)11-7-12-18(21)23-16-10-6-9-15(19)13-16/h6,9-10,13-14H,3-5,7-8,11-12H2,1-2H3. The summed E-state index contributed by atoms with van der Waals surface area (Å²) in [6.45, 7) is 4.04. The van der Waals surface area contributed by atoms with Gasteiger partial charge in [-0.2, -0.15) is 0 Å². The fourth-order valence-electron chi connectivity index (χ4n) is 2.11. The van der Waals surface area contributed by atoms with Gasteiger partial charge in [-0.25, -0.2) is 0 Å². The Hall–Kier alpha value is -1.55. The van der Waals surface area contributed by atoms with Gasteiger partial charge in [0.2, 0.25) is 0 Å². The highest BCUT2D eigenvalue weighted by Crippen LogP contribution is 2.18. The highest BCUT2D eigenvalue weighted by molar-refractivity contribution is 6.30. The van der Waals surface area contributed by atoms with E-state index < -0.39 is 0 Å². The van der Waals surface area contributed by atoms with Gasteiger partial charge in [0.05, 0.1) is 6.10 Å². The van der Waals surface area contributed by atoms with Crippen LogP contribution in [0.4, 0.5) is 0 Å². The normalized spacial score (nSPS) is 11.8. The first-order valence-corrected chi connectivity index (χ1v) is 8.54. The number of halogens is 1. The second-order valence-electron chi connectivity index (χ2n) is 5.58. The van der Waals surface area contributed by atoms with Gasteiger partial charge in [-0.05, 0) is 44.4 Å². The Morgan fingerprint density at radius 2 is 1.87 bits per heavy atom. The van der Waals surface area contributed by atoms with Crippen molar-refractivity contribution in [2.24, 2.45) is 0 Å². The number of hydrogen-bond acceptors (Lipinski definition) is 4. The van der Waals surface area contributed by atoms with Crippen molar-refractivity contribution in [3.05, 3.63) is 29.3 Å². The van der Waals surface area contributed by atoms with Gasteiger partial charge >= 0.3 is 11.9 Å². The smallest absolute Gasteiger partial charge is 0.311 e. The minimum absolute atomic E-state index is 0.0625. The second-order valence-corrected chi connectivity index (χ2v) is 6.02. The predicted octanol–water partition coefficient (Wildman–Crippen LogP) is 4.93. The fourth-order valence-corrected chi connectivity index (χ4v) is 2.29. The molecule has 4 nitrogen and oxygen atoms in total. The van der Waals surface area contributed by atoms with Crippen molar-refractivity contribution < 1.29 is 19.1 Å². The van der Waals surface area contributed by atoms with Crippen molar-refractivity contribution in [3.63, 3.8) is 0 Å². The first-order chi connectivity index (χ1) is 11.0. The molecule has 1 aromatic rings. The average molecular weight is 341 g/mol. The van der Waals surface area contributed by atoms with Gasteiger partial charge in [-0.1, -0.05) is 37.4 Å². The van der Waals surface area contributed by atoms with E-state index in [-0.39, 0.29) is 30.9 Å². The molecule has 0 heterocycles. The number of esters is 2. The van der Waals surface area contributed by atoms with E-state index in [0.717, 1.165) is 25.7 Å². The SMILES string of the molecule is CCCCCC(C)OC(=O)CCCC(=O)Oc1cccc(Cl)c1. The van der Waals surface area contributed by atoms with E-state index >= 15 is 0 Å². The molecule has 23 heavy (non-hydrogen) atoms. The lowest BCUT2D eigenvalue weighted by Gasteiger charge is -2.12. The molecule has 0 radical (unpaired) electrons. The zero-order valence-electron chi connectivity index (χ0n) is 13.8. The van der Waals surface area contributed by atoms with Crippen LogP contribution in [0.1, 0.15) is 58.8 Å². The number of unbranched alkanes of at least 4 members (excludes halogenated alkanes) is 2. The lowest BCUT2D eigenvalue weighted by molar-refractivity contribution is -0.148. The van der Waals surface area contributed by atoms with E-state index in [0.29, 0.717) is 17.2 Å². The summed E-state index contributed by atoms with van der Waals surface area (Å²) in [7, 11) is 0. The lowest BCUT2D eigenvalue weighted by atomic mass is 10.1. The Bertz CT molecular complexity index is 502. The van der Waals surface area contributed by atoms with Crippen molar-refractivity contribution >= 4 is 23.5 Å². The van der Waals surface area contributed by atoms with E-state index in [1.807, 2.05) is 6.92 Å². The maximum Gasteiger partial charge on any atom is 0.311 e. The molecular weight excluding hydrogens is 316 g/mol. The Morgan fingerprint density at radius 3 is 2.57 bits per heavy atom. The Kier molecular flexibility index (Phi) is 9.37. The topological polar surface area (TPSA) is 52.6 Å². The summed E-state index contributed by atoms with van der Waals surface area (Å²) in [4.78, 5) is 23.4. The number of benzene rings is 1. The summed E-state index contributed by atoms with van der Waals surface area (Å²) in [5.41, 5.74) is 0. The maximum atomic E-state index is 11.7. The molecule has 0 fully saturated rings. The summed E-state index contributed by atoms with van der Waals surface area (Å²) in [6.07, 6.45) is 5.00. The van der Waals surface area contributed by atoms with E-state index in [1.165, 1.54) is 0 Å². The molecule has 0 bridgehead atoms. The van der Waals surface area contributed by atoms with Gasteiger partial charge in [0.25, 0.3) is 0 Å². The molecule has 128 valence electrons. The molecule has 0 aliphatic carbocycles. The van der Waals surface area contributed by atoms with Gasteiger partial charge in [0, 0.05) is 17.9 Å². The minimum Gasteiger partial charge on any atom is -0.463 e. The van der Waals surface area contributed by atoms with E-state index in [1.54, 1.807) is 24.3 Å². The number of carbonyl (C=O) groups is 2. The van der Waals surface area contributed by atoms with Crippen molar-refractivity contribution in [3.8, 4) is 5.75 Å². The summed E-state index contributed by atoms with van der Waals surface area (Å²) < 4.78 is 10.5. The zero-order chi connectivity index (χ0) is 17.1. The number of carbonyl (C=O) groups excluding carboxylic acids is 2. The molecule has 0 saturated carbocycles. The summed E-state index contributed by atoms with van der Waals surface area (Å²) in [5, 5.41) is 0.510. The van der Waals surface area contributed by atoms with Crippen LogP contribution < -0.4 is 4.74 Å². The summed E-state index contributed by atoms with van der Waals surface area (Å²) in [5.74, 6) is -0.227. The van der Waals surface area contributed by atoms with Crippen LogP contribution in [0.25, 0.3) is 0 Å². The monoisotopic (exact) mass is 340 g/mol. The van der Waals surface area contributed by atoms with Crippen LogP contribution in [-0.2, 0) is 14.3 Å². The van der Waals surface area contributed by atoms with Gasteiger partial charge < -0.3 is 9.47 Å². The fraction of sp³-hybridized carbons (Fsp3) is 0.556. The molecular formula is C18H25ClO4. The molecule has 0 amide bonds. The van der Waals surface area contributed by atoms with Gasteiger partial charge in [0.15, 0.2) is 0 Å². The van der Waals surface area contributed by atoms with Crippen LogP contribution in [0.3, 0.4) is 0 Å². The maximum absolute atomic E-state index is 11.7.